The van der Waals surface area contributed by atoms with Gasteiger partial charge in [0.2, 0.25) is 0 Å². The number of hydrogen-bond donors (Lipinski definition) is 0. The highest BCUT2D eigenvalue weighted by Crippen LogP contribution is 2.29. The molecule has 146 valence electrons. The minimum atomic E-state index is -0.322. The second kappa shape index (κ2) is 7.87. The number of fused-ring (bicyclic) bond motifs is 1. The molecule has 6 heteroatoms. The molecule has 1 aliphatic rings. The summed E-state index contributed by atoms with van der Waals surface area (Å²) in [7, 11) is 0. The number of ether oxygens (including phenoxy) is 1. The number of benzene rings is 1. The minimum Gasteiger partial charge on any atom is -0.458 e. The first-order valence-electron chi connectivity index (χ1n) is 9.78. The molecule has 0 bridgehead atoms. The lowest BCUT2D eigenvalue weighted by molar-refractivity contribution is 0.0216. The number of aryl methyl sites for hydroxylation is 2. The minimum absolute atomic E-state index is 0.00296. The van der Waals surface area contributed by atoms with Crippen LogP contribution in [0.5, 0.6) is 0 Å². The summed E-state index contributed by atoms with van der Waals surface area (Å²) in [4.78, 5) is 31.3. The zero-order chi connectivity index (χ0) is 19.7. The van der Waals surface area contributed by atoms with E-state index in [0.29, 0.717) is 27.2 Å². The number of carbonyl (C=O) groups excluding carboxylic acids is 1. The van der Waals surface area contributed by atoms with Crippen molar-refractivity contribution in [3.8, 4) is 0 Å². The van der Waals surface area contributed by atoms with Crippen LogP contribution in [0.15, 0.2) is 35.4 Å². The van der Waals surface area contributed by atoms with Crippen molar-refractivity contribution < 1.29 is 9.53 Å². The zero-order valence-corrected chi connectivity index (χ0v) is 17.1. The van der Waals surface area contributed by atoms with Crippen molar-refractivity contribution in [1.29, 1.82) is 0 Å². The second-order valence-electron chi connectivity index (χ2n) is 7.57. The largest absolute Gasteiger partial charge is 0.458 e. The number of nitrogens with zero attached hydrogens (tertiary/aromatic N) is 2. The molecule has 0 atom stereocenters. The van der Waals surface area contributed by atoms with Gasteiger partial charge < -0.3 is 4.74 Å². The Hall–Kier alpha value is -2.47. The molecule has 0 amide bonds. The lowest BCUT2D eigenvalue weighted by atomic mass is 9.98. The van der Waals surface area contributed by atoms with Crippen molar-refractivity contribution in [3.05, 3.63) is 62.5 Å². The predicted molar refractivity (Wildman–Crippen MR) is 111 cm³/mol. The summed E-state index contributed by atoms with van der Waals surface area (Å²) in [6.45, 7) is 4.30. The third-order valence-corrected chi connectivity index (χ3v) is 6.54. The molecule has 0 radical (unpaired) electrons. The normalized spacial score (nSPS) is 15.1. The summed E-state index contributed by atoms with van der Waals surface area (Å²) in [6.07, 6.45) is 6.84. The van der Waals surface area contributed by atoms with Gasteiger partial charge in [-0.05, 0) is 50.7 Å². The Bertz CT molecular complexity index is 1080. The van der Waals surface area contributed by atoms with Crippen LogP contribution in [-0.4, -0.2) is 21.6 Å². The molecule has 0 spiro atoms. The van der Waals surface area contributed by atoms with Gasteiger partial charge in [0.25, 0.3) is 5.56 Å². The van der Waals surface area contributed by atoms with E-state index in [1.165, 1.54) is 17.8 Å². The van der Waals surface area contributed by atoms with E-state index in [4.69, 9.17) is 4.74 Å². The molecule has 1 aliphatic carbocycles. The number of rotatable bonds is 4. The van der Waals surface area contributed by atoms with Crippen molar-refractivity contribution >= 4 is 27.5 Å². The molecular weight excluding hydrogens is 372 g/mol. The van der Waals surface area contributed by atoms with Gasteiger partial charge in [-0.25, -0.2) is 9.78 Å². The maximum atomic E-state index is 13.0. The first-order valence-corrected chi connectivity index (χ1v) is 10.6. The van der Waals surface area contributed by atoms with Crippen LogP contribution >= 0.6 is 11.3 Å². The Morgan fingerprint density at radius 2 is 2.04 bits per heavy atom. The summed E-state index contributed by atoms with van der Waals surface area (Å²) in [5, 5.41) is 0.524. The van der Waals surface area contributed by atoms with E-state index in [1.807, 2.05) is 32.0 Å². The lowest BCUT2D eigenvalue weighted by Gasteiger charge is -2.21. The maximum absolute atomic E-state index is 13.0. The van der Waals surface area contributed by atoms with Gasteiger partial charge in [-0.15, -0.1) is 11.3 Å². The fourth-order valence-electron chi connectivity index (χ4n) is 3.86. The first kappa shape index (κ1) is 18.9. The number of carbonyl (C=O) groups is 1. The Morgan fingerprint density at radius 1 is 1.25 bits per heavy atom. The summed E-state index contributed by atoms with van der Waals surface area (Å²) in [5.74, 6) is -0.322. The van der Waals surface area contributed by atoms with E-state index in [2.05, 4.69) is 11.1 Å². The van der Waals surface area contributed by atoms with Gasteiger partial charge in [-0.2, -0.15) is 0 Å². The number of aromatic nitrogens is 2. The molecule has 0 saturated heterocycles. The Labute approximate surface area is 168 Å². The Morgan fingerprint density at radius 3 is 2.79 bits per heavy atom. The zero-order valence-electron chi connectivity index (χ0n) is 16.2. The van der Waals surface area contributed by atoms with Gasteiger partial charge in [0, 0.05) is 0 Å². The molecule has 28 heavy (non-hydrogen) atoms. The smallest absolute Gasteiger partial charge is 0.348 e. The van der Waals surface area contributed by atoms with Gasteiger partial charge in [0.15, 0.2) is 0 Å². The van der Waals surface area contributed by atoms with Crippen molar-refractivity contribution in [1.82, 2.24) is 9.55 Å². The SMILES string of the molecule is Cc1cccc(Cn2cnc3sc(C(=O)OC4CCCCC4)c(C)c3c2=O)c1. The third-order valence-electron chi connectivity index (χ3n) is 5.36. The fourth-order valence-corrected chi connectivity index (χ4v) is 4.88. The molecule has 1 fully saturated rings. The quantitative estimate of drug-likeness (QED) is 0.604. The molecule has 2 aromatic heterocycles. The average molecular weight is 397 g/mol. The number of esters is 1. The van der Waals surface area contributed by atoms with E-state index in [1.54, 1.807) is 10.9 Å². The van der Waals surface area contributed by atoms with Crippen LogP contribution in [0.3, 0.4) is 0 Å². The molecule has 0 unspecified atom stereocenters. The molecule has 4 rings (SSSR count). The molecular formula is C22H24N2O3S. The van der Waals surface area contributed by atoms with Crippen LogP contribution < -0.4 is 5.56 Å². The number of thiophene rings is 1. The van der Waals surface area contributed by atoms with Crippen LogP contribution in [0.2, 0.25) is 0 Å². The van der Waals surface area contributed by atoms with Gasteiger partial charge in [-0.3, -0.25) is 9.36 Å². The molecule has 2 heterocycles. The summed E-state index contributed by atoms with van der Waals surface area (Å²) >= 11 is 1.25. The van der Waals surface area contributed by atoms with E-state index < -0.39 is 0 Å². The summed E-state index contributed by atoms with van der Waals surface area (Å²) < 4.78 is 7.31. The standard InChI is InChI=1S/C22H24N2O3S/c1-14-7-6-8-16(11-14)12-24-13-23-20-18(21(24)25)15(2)19(28-20)22(26)27-17-9-4-3-5-10-17/h6-8,11,13,17H,3-5,9-10,12H2,1-2H3. The van der Waals surface area contributed by atoms with Crippen LogP contribution in [0.4, 0.5) is 0 Å². The van der Waals surface area contributed by atoms with Crippen molar-refractivity contribution in [2.45, 2.75) is 58.6 Å². The highest BCUT2D eigenvalue weighted by molar-refractivity contribution is 7.20. The van der Waals surface area contributed by atoms with Crippen LogP contribution in [0.25, 0.3) is 10.2 Å². The molecule has 0 aliphatic heterocycles. The molecule has 3 aromatic rings. The van der Waals surface area contributed by atoms with Crippen LogP contribution in [0, 0.1) is 13.8 Å². The Balaban J connectivity index is 1.64. The average Bonchev–Trinajstić information content (AvgIpc) is 3.02. The van der Waals surface area contributed by atoms with Gasteiger partial charge in [0.1, 0.15) is 15.8 Å². The van der Waals surface area contributed by atoms with Crippen LogP contribution in [0.1, 0.15) is 58.5 Å². The third kappa shape index (κ3) is 3.74. The number of hydrogen-bond acceptors (Lipinski definition) is 5. The summed E-state index contributed by atoms with van der Waals surface area (Å²) in [6, 6.07) is 8.07. The first-order chi connectivity index (χ1) is 13.5. The van der Waals surface area contributed by atoms with Gasteiger partial charge in [0.05, 0.1) is 18.3 Å². The van der Waals surface area contributed by atoms with E-state index in [9.17, 15) is 9.59 Å². The lowest BCUT2D eigenvalue weighted by Crippen LogP contribution is -2.22. The molecule has 1 aromatic carbocycles. The maximum Gasteiger partial charge on any atom is 0.348 e. The predicted octanol–water partition coefficient (Wildman–Crippen LogP) is 4.61. The summed E-state index contributed by atoms with van der Waals surface area (Å²) in [5.41, 5.74) is 2.76. The highest BCUT2D eigenvalue weighted by Gasteiger charge is 2.24. The van der Waals surface area contributed by atoms with Crippen LogP contribution in [-0.2, 0) is 11.3 Å². The molecule has 1 saturated carbocycles. The molecule has 5 nitrogen and oxygen atoms in total. The van der Waals surface area contributed by atoms with Gasteiger partial charge in [-0.1, -0.05) is 36.2 Å². The monoisotopic (exact) mass is 396 g/mol. The van der Waals surface area contributed by atoms with E-state index in [-0.39, 0.29) is 17.6 Å². The topological polar surface area (TPSA) is 61.2 Å². The molecule has 0 N–H and O–H groups in total. The Kier molecular flexibility index (Phi) is 5.31. The highest BCUT2D eigenvalue weighted by atomic mass is 32.1. The van der Waals surface area contributed by atoms with Crippen molar-refractivity contribution in [3.63, 3.8) is 0 Å². The fraction of sp³-hybridized carbons (Fsp3) is 0.409. The van der Waals surface area contributed by atoms with E-state index >= 15 is 0 Å². The van der Waals surface area contributed by atoms with E-state index in [0.717, 1.165) is 36.8 Å². The van der Waals surface area contributed by atoms with Gasteiger partial charge >= 0.3 is 5.97 Å². The van der Waals surface area contributed by atoms with Crippen molar-refractivity contribution in [2.24, 2.45) is 0 Å². The second-order valence-corrected chi connectivity index (χ2v) is 8.57. The van der Waals surface area contributed by atoms with Crippen molar-refractivity contribution in [2.75, 3.05) is 0 Å².